The Morgan fingerprint density at radius 3 is 1.39 bits per heavy atom. The van der Waals surface area contributed by atoms with Crippen molar-refractivity contribution in [1.29, 1.82) is 0 Å². The topological polar surface area (TPSA) is 80.9 Å². The van der Waals surface area contributed by atoms with Crippen LogP contribution in [0.4, 0.5) is 39.5 Å². The van der Waals surface area contributed by atoms with E-state index in [1.165, 1.54) is 0 Å². The second-order valence-corrected chi connectivity index (χ2v) is 6.18. The normalized spacial score (nSPS) is 16.2. The van der Waals surface area contributed by atoms with Crippen molar-refractivity contribution >= 4 is 0 Å². The molecule has 0 fully saturated rings. The summed E-state index contributed by atoms with van der Waals surface area (Å²) in [5, 5.41) is 39.3. The summed E-state index contributed by atoms with van der Waals surface area (Å²) in [6, 6.07) is 0. The molecule has 1 aromatic rings. The summed E-state index contributed by atoms with van der Waals surface area (Å²) in [4.78, 5) is 0. The lowest BCUT2D eigenvalue weighted by atomic mass is 9.79. The number of halogens is 9. The number of phenols is 2. The third-order valence-electron chi connectivity index (χ3n) is 4.37. The maximum Gasteiger partial charge on any atom is 0.430 e. The van der Waals surface area contributed by atoms with Gasteiger partial charge in [0.25, 0.3) is 5.60 Å². The number of benzene rings is 1. The molecule has 0 heterocycles. The van der Waals surface area contributed by atoms with Crippen molar-refractivity contribution in [3.05, 3.63) is 22.3 Å². The van der Waals surface area contributed by atoms with Crippen molar-refractivity contribution < 1.29 is 59.9 Å². The third kappa shape index (κ3) is 3.23. The summed E-state index contributed by atoms with van der Waals surface area (Å²) in [7, 11) is 0. The zero-order chi connectivity index (χ0) is 22.7. The van der Waals surface area contributed by atoms with Crippen molar-refractivity contribution in [2.75, 3.05) is 0 Å². The van der Waals surface area contributed by atoms with Gasteiger partial charge < -0.3 is 20.4 Å². The summed E-state index contributed by atoms with van der Waals surface area (Å²) >= 11 is 0. The molecule has 4 N–H and O–H groups in total. The van der Waals surface area contributed by atoms with Gasteiger partial charge in [0, 0.05) is 16.7 Å². The third-order valence-corrected chi connectivity index (χ3v) is 4.37. The van der Waals surface area contributed by atoms with E-state index in [0.29, 0.717) is 6.92 Å². The number of aromatic hydroxyl groups is 2. The van der Waals surface area contributed by atoms with Crippen LogP contribution in [0.5, 0.6) is 11.5 Å². The molecule has 0 aromatic heterocycles. The van der Waals surface area contributed by atoms with Crippen LogP contribution in [0, 0.1) is 6.92 Å². The predicted molar refractivity (Wildman–Crippen MR) is 75.5 cm³/mol. The number of rotatable bonds is 3. The molecule has 4 nitrogen and oxygen atoms in total. The highest BCUT2D eigenvalue weighted by molar-refractivity contribution is 5.62. The van der Waals surface area contributed by atoms with Crippen LogP contribution in [0.1, 0.15) is 36.1 Å². The van der Waals surface area contributed by atoms with Gasteiger partial charge in [-0.05, 0) is 20.3 Å². The Morgan fingerprint density at radius 2 is 1.11 bits per heavy atom. The molecule has 0 aliphatic rings. The molecule has 0 amide bonds. The molecule has 28 heavy (non-hydrogen) atoms. The summed E-state index contributed by atoms with van der Waals surface area (Å²) < 4.78 is 119. The summed E-state index contributed by atoms with van der Waals surface area (Å²) in [5.74, 6) is -3.76. The van der Waals surface area contributed by atoms with Gasteiger partial charge in [-0.1, -0.05) is 6.92 Å². The van der Waals surface area contributed by atoms with Gasteiger partial charge in [0.1, 0.15) is 11.5 Å². The fourth-order valence-corrected chi connectivity index (χ4v) is 2.82. The van der Waals surface area contributed by atoms with E-state index in [-0.39, 0.29) is 6.92 Å². The Kier molecular flexibility index (Phi) is 5.67. The van der Waals surface area contributed by atoms with E-state index >= 15 is 0 Å². The van der Waals surface area contributed by atoms with Crippen LogP contribution in [0.15, 0.2) is 0 Å². The van der Waals surface area contributed by atoms with Gasteiger partial charge in [-0.3, -0.25) is 0 Å². The zero-order valence-corrected chi connectivity index (χ0v) is 14.4. The minimum Gasteiger partial charge on any atom is -0.507 e. The first-order valence-electron chi connectivity index (χ1n) is 7.41. The van der Waals surface area contributed by atoms with Crippen LogP contribution in [0.25, 0.3) is 0 Å². The molecule has 0 saturated heterocycles. The van der Waals surface area contributed by atoms with Gasteiger partial charge in [-0.15, -0.1) is 0 Å². The quantitative estimate of drug-likeness (QED) is 0.431. The average molecular weight is 430 g/mol. The highest BCUT2D eigenvalue weighted by Crippen LogP contribution is 2.58. The molecule has 1 atom stereocenters. The van der Waals surface area contributed by atoms with Crippen LogP contribution >= 0.6 is 0 Å². The number of aliphatic hydroxyl groups is 2. The van der Waals surface area contributed by atoms with E-state index in [9.17, 15) is 59.9 Å². The molecule has 0 aliphatic carbocycles. The first-order chi connectivity index (χ1) is 12.2. The van der Waals surface area contributed by atoms with Crippen LogP contribution < -0.4 is 0 Å². The van der Waals surface area contributed by atoms with Crippen LogP contribution in [-0.4, -0.2) is 39.0 Å². The number of hydrogen-bond acceptors (Lipinski definition) is 4. The fourth-order valence-electron chi connectivity index (χ4n) is 2.82. The lowest BCUT2D eigenvalue weighted by Gasteiger charge is -2.37. The van der Waals surface area contributed by atoms with Gasteiger partial charge in [0.05, 0.1) is 5.56 Å². The number of phenolic OH excluding ortho intramolecular Hbond substituents is 2. The van der Waals surface area contributed by atoms with Crippen molar-refractivity contribution in [1.82, 2.24) is 0 Å². The van der Waals surface area contributed by atoms with Crippen LogP contribution in [0.3, 0.4) is 0 Å². The predicted octanol–water partition coefficient (Wildman–Crippen LogP) is 4.05. The minimum atomic E-state index is -6.55. The van der Waals surface area contributed by atoms with E-state index in [1.54, 1.807) is 0 Å². The maximum atomic E-state index is 13.2. The first-order valence-corrected chi connectivity index (χ1v) is 7.41. The van der Waals surface area contributed by atoms with E-state index in [0.717, 1.165) is 6.92 Å². The fraction of sp³-hybridized carbons (Fsp3) is 0.600. The van der Waals surface area contributed by atoms with Crippen molar-refractivity contribution in [3.63, 3.8) is 0 Å². The van der Waals surface area contributed by atoms with Gasteiger partial charge in [-0.2, -0.15) is 39.5 Å². The second kappa shape index (κ2) is 6.58. The minimum absolute atomic E-state index is 0.0376. The van der Waals surface area contributed by atoms with Gasteiger partial charge in [0.2, 0.25) is 0 Å². The first kappa shape index (κ1) is 24.1. The van der Waals surface area contributed by atoms with E-state index in [2.05, 4.69) is 0 Å². The zero-order valence-electron chi connectivity index (χ0n) is 14.4. The SMILES string of the molecule is CCc1c(O)c(C)c(C(C)(O)C(F)(F)F)c(O)c1C(O)(C(F)(F)F)C(F)(F)F. The molecule has 0 aliphatic heterocycles. The van der Waals surface area contributed by atoms with Crippen LogP contribution in [-0.2, 0) is 17.6 Å². The molecule has 0 bridgehead atoms. The molecule has 1 rings (SSSR count). The summed E-state index contributed by atoms with van der Waals surface area (Å²) in [5.41, 5.74) is -16.6. The second-order valence-electron chi connectivity index (χ2n) is 6.18. The lowest BCUT2D eigenvalue weighted by Crippen LogP contribution is -2.54. The highest BCUT2D eigenvalue weighted by atomic mass is 19.4. The Labute approximate surface area is 151 Å². The van der Waals surface area contributed by atoms with E-state index in [4.69, 9.17) is 0 Å². The maximum absolute atomic E-state index is 13.2. The van der Waals surface area contributed by atoms with Crippen molar-refractivity contribution in [2.45, 2.75) is 56.9 Å². The summed E-state index contributed by atoms with van der Waals surface area (Å²) in [6.45, 7) is 1.55. The lowest BCUT2D eigenvalue weighted by molar-refractivity contribution is -0.376. The number of hydrogen-bond donors (Lipinski definition) is 4. The van der Waals surface area contributed by atoms with Gasteiger partial charge >= 0.3 is 18.5 Å². The molecule has 0 saturated carbocycles. The molecule has 1 unspecified atom stereocenters. The monoisotopic (exact) mass is 430 g/mol. The smallest absolute Gasteiger partial charge is 0.430 e. The Balaban J connectivity index is 4.30. The molecule has 0 radical (unpaired) electrons. The molecule has 13 heteroatoms. The molecular weight excluding hydrogens is 415 g/mol. The van der Waals surface area contributed by atoms with E-state index < -0.39 is 69.9 Å². The Morgan fingerprint density at radius 1 is 0.714 bits per heavy atom. The Hall–Kier alpha value is -1.89. The average Bonchev–Trinajstić information content (AvgIpc) is 2.46. The molecular formula is C15H15F9O4. The standard InChI is InChI=1S/C15H15F9O4/c1-4-6-8(12(28,14(19,20)21)15(22,23)24)10(26)7(5(2)9(6)25)11(3,27)13(16,17)18/h25-28H,4H2,1-3H3. The Bertz CT molecular complexity index is 747. The summed E-state index contributed by atoms with van der Waals surface area (Å²) in [6.07, 6.45) is -19.6. The van der Waals surface area contributed by atoms with Crippen LogP contribution in [0.2, 0.25) is 0 Å². The van der Waals surface area contributed by atoms with Gasteiger partial charge in [-0.25, -0.2) is 0 Å². The highest BCUT2D eigenvalue weighted by Gasteiger charge is 2.73. The van der Waals surface area contributed by atoms with Gasteiger partial charge in [0.15, 0.2) is 5.60 Å². The molecule has 1 aromatic carbocycles. The van der Waals surface area contributed by atoms with Crippen molar-refractivity contribution in [2.24, 2.45) is 0 Å². The van der Waals surface area contributed by atoms with E-state index in [1.807, 2.05) is 0 Å². The molecule has 162 valence electrons. The molecule has 0 spiro atoms. The largest absolute Gasteiger partial charge is 0.507 e. The van der Waals surface area contributed by atoms with Crippen molar-refractivity contribution in [3.8, 4) is 11.5 Å². The number of alkyl halides is 9.